The van der Waals surface area contributed by atoms with Gasteiger partial charge in [-0.3, -0.25) is 0 Å². The van der Waals surface area contributed by atoms with Crippen LogP contribution in [0.3, 0.4) is 0 Å². The van der Waals surface area contributed by atoms with E-state index in [0.717, 1.165) is 6.92 Å². The van der Waals surface area contributed by atoms with Crippen molar-refractivity contribution >= 4 is 0 Å². The molecule has 0 bridgehead atoms. The third-order valence-corrected chi connectivity index (χ3v) is 1.32. The Morgan fingerprint density at radius 2 is 1.70 bits per heavy atom. The topological polar surface area (TPSA) is 0 Å². The molecule has 0 heterocycles. The minimum atomic E-state index is -4.21. The van der Waals surface area contributed by atoms with Crippen LogP contribution in [0.4, 0.5) is 13.2 Å². The Balaban J connectivity index is 4.63. The van der Waals surface area contributed by atoms with Gasteiger partial charge in [0.05, 0.1) is 0 Å². The number of hydrogen-bond acceptors (Lipinski definition) is 0. The summed E-state index contributed by atoms with van der Waals surface area (Å²) in [5.41, 5.74) is -0.407. The first-order chi connectivity index (χ1) is 4.39. The van der Waals surface area contributed by atoms with Gasteiger partial charge in [0.2, 0.25) is 0 Å². The van der Waals surface area contributed by atoms with Gasteiger partial charge >= 0.3 is 6.18 Å². The lowest BCUT2D eigenvalue weighted by atomic mass is 10.1. The smallest absolute Gasteiger partial charge is 0.166 e. The van der Waals surface area contributed by atoms with E-state index < -0.39 is 11.7 Å². The molecule has 0 spiro atoms. The molecule has 0 nitrogen and oxygen atoms in total. The maximum absolute atomic E-state index is 11.8. The summed E-state index contributed by atoms with van der Waals surface area (Å²) in [6, 6.07) is 0. The van der Waals surface area contributed by atoms with Crippen molar-refractivity contribution in [3.8, 4) is 0 Å². The minimum Gasteiger partial charge on any atom is -0.166 e. The number of alkyl halides is 3. The zero-order valence-electron chi connectivity index (χ0n) is 5.92. The zero-order valence-corrected chi connectivity index (χ0v) is 5.92. The minimum absolute atomic E-state index is 0.174. The summed E-state index contributed by atoms with van der Waals surface area (Å²) >= 11 is 0. The number of hydrogen-bond donors (Lipinski definition) is 0. The van der Waals surface area contributed by atoms with Gasteiger partial charge in [0.15, 0.2) is 0 Å². The number of rotatable bonds is 1. The van der Waals surface area contributed by atoms with Gasteiger partial charge in [-0.25, -0.2) is 0 Å². The van der Waals surface area contributed by atoms with Gasteiger partial charge in [0.25, 0.3) is 0 Å². The second-order valence-corrected chi connectivity index (χ2v) is 2.01. The molecule has 10 heavy (non-hydrogen) atoms. The van der Waals surface area contributed by atoms with E-state index in [9.17, 15) is 13.2 Å². The molecule has 0 unspecified atom stereocenters. The highest BCUT2D eigenvalue weighted by Gasteiger charge is 2.30. The third-order valence-electron chi connectivity index (χ3n) is 1.32. The van der Waals surface area contributed by atoms with Crippen LogP contribution in [0.1, 0.15) is 13.8 Å². The molecule has 0 rings (SSSR count). The lowest BCUT2D eigenvalue weighted by Crippen LogP contribution is -2.10. The largest absolute Gasteiger partial charge is 0.412 e. The summed E-state index contributed by atoms with van der Waals surface area (Å²) in [6.45, 7) is 5.66. The third kappa shape index (κ3) is 2.25. The first-order valence-corrected chi connectivity index (χ1v) is 2.76. The van der Waals surface area contributed by atoms with Crippen molar-refractivity contribution in [3.05, 3.63) is 23.8 Å². The summed E-state index contributed by atoms with van der Waals surface area (Å²) in [5, 5.41) is 0. The molecule has 0 N–H and O–H groups in total. The van der Waals surface area contributed by atoms with Gasteiger partial charge in [-0.1, -0.05) is 12.7 Å². The first kappa shape index (κ1) is 9.27. The molecule has 0 aliphatic rings. The Bertz CT molecular complexity index is 162. The zero-order chi connectivity index (χ0) is 8.36. The van der Waals surface area contributed by atoms with Crippen LogP contribution in [0.25, 0.3) is 0 Å². The van der Waals surface area contributed by atoms with E-state index in [2.05, 4.69) is 6.58 Å². The molecule has 0 aliphatic heterocycles. The Morgan fingerprint density at radius 3 is 1.80 bits per heavy atom. The molecule has 0 radical (unpaired) electrons. The average molecular weight is 150 g/mol. The summed E-state index contributed by atoms with van der Waals surface area (Å²) in [6.07, 6.45) is -3.01. The molecule has 58 valence electrons. The molecule has 0 amide bonds. The highest BCUT2D eigenvalue weighted by molar-refractivity contribution is 5.23. The van der Waals surface area contributed by atoms with Crippen molar-refractivity contribution in [2.45, 2.75) is 20.0 Å². The molecule has 0 fully saturated rings. The fraction of sp³-hybridized carbons (Fsp3) is 0.429. The maximum atomic E-state index is 11.8. The highest BCUT2D eigenvalue weighted by atomic mass is 19.4. The van der Waals surface area contributed by atoms with Crippen LogP contribution >= 0.6 is 0 Å². The second-order valence-electron chi connectivity index (χ2n) is 2.01. The van der Waals surface area contributed by atoms with Gasteiger partial charge < -0.3 is 0 Å². The van der Waals surface area contributed by atoms with Gasteiger partial charge in [-0.05, 0) is 19.4 Å². The number of allylic oxidation sites excluding steroid dienone is 3. The lowest BCUT2D eigenvalue weighted by molar-refractivity contribution is -0.0919. The Kier molecular flexibility index (Phi) is 2.69. The van der Waals surface area contributed by atoms with E-state index >= 15 is 0 Å². The SMILES string of the molecule is C=C/C(C)=C(\C)C(F)(F)F. The van der Waals surface area contributed by atoms with Crippen LogP contribution in [-0.2, 0) is 0 Å². The van der Waals surface area contributed by atoms with E-state index in [4.69, 9.17) is 0 Å². The Labute approximate surface area is 58.0 Å². The van der Waals surface area contributed by atoms with E-state index in [0.29, 0.717) is 0 Å². The standard InChI is InChI=1S/C7H9F3/c1-4-5(2)6(3)7(8,9)10/h4H,1H2,2-3H3/b6-5+. The van der Waals surface area contributed by atoms with E-state index in [1.807, 2.05) is 0 Å². The quantitative estimate of drug-likeness (QED) is 0.504. The monoisotopic (exact) mass is 150 g/mol. The molecular formula is C7H9F3. The maximum Gasteiger partial charge on any atom is 0.412 e. The van der Waals surface area contributed by atoms with E-state index in [-0.39, 0.29) is 5.57 Å². The van der Waals surface area contributed by atoms with Gasteiger partial charge in [0.1, 0.15) is 0 Å². The molecule has 0 saturated heterocycles. The van der Waals surface area contributed by atoms with Crippen molar-refractivity contribution in [2.75, 3.05) is 0 Å². The van der Waals surface area contributed by atoms with Crippen LogP contribution in [0.15, 0.2) is 23.8 Å². The van der Waals surface area contributed by atoms with E-state index in [1.54, 1.807) is 0 Å². The van der Waals surface area contributed by atoms with Crippen molar-refractivity contribution in [3.63, 3.8) is 0 Å². The highest BCUT2D eigenvalue weighted by Crippen LogP contribution is 2.27. The summed E-state index contributed by atoms with van der Waals surface area (Å²) in [5.74, 6) is 0. The van der Waals surface area contributed by atoms with Crippen molar-refractivity contribution in [1.29, 1.82) is 0 Å². The van der Waals surface area contributed by atoms with Crippen molar-refractivity contribution < 1.29 is 13.2 Å². The van der Waals surface area contributed by atoms with Crippen molar-refractivity contribution in [1.82, 2.24) is 0 Å². The Morgan fingerprint density at radius 1 is 1.30 bits per heavy atom. The molecule has 3 heteroatoms. The van der Waals surface area contributed by atoms with Crippen LogP contribution < -0.4 is 0 Å². The molecule has 0 aromatic heterocycles. The fourth-order valence-electron chi connectivity index (χ4n) is 0.377. The number of halogens is 3. The van der Waals surface area contributed by atoms with Crippen LogP contribution in [0.5, 0.6) is 0 Å². The first-order valence-electron chi connectivity index (χ1n) is 2.76. The predicted molar refractivity (Wildman–Crippen MR) is 34.6 cm³/mol. The molecular weight excluding hydrogens is 141 g/mol. The molecule has 0 aromatic rings. The predicted octanol–water partition coefficient (Wildman–Crippen LogP) is 3.07. The molecule has 0 aliphatic carbocycles. The van der Waals surface area contributed by atoms with Gasteiger partial charge in [0, 0.05) is 5.57 Å². The van der Waals surface area contributed by atoms with Crippen LogP contribution in [0, 0.1) is 0 Å². The molecule has 0 atom stereocenters. The lowest BCUT2D eigenvalue weighted by Gasteiger charge is -2.07. The summed E-state index contributed by atoms with van der Waals surface area (Å²) < 4.78 is 35.3. The van der Waals surface area contributed by atoms with Crippen molar-refractivity contribution in [2.24, 2.45) is 0 Å². The normalized spacial score (nSPS) is 14.5. The van der Waals surface area contributed by atoms with Crippen LogP contribution in [-0.4, -0.2) is 6.18 Å². The summed E-state index contributed by atoms with van der Waals surface area (Å²) in [4.78, 5) is 0. The Hall–Kier alpha value is -0.730. The average Bonchev–Trinajstić information content (AvgIpc) is 1.83. The van der Waals surface area contributed by atoms with Gasteiger partial charge in [-0.2, -0.15) is 13.2 Å². The fourth-order valence-corrected chi connectivity index (χ4v) is 0.377. The summed E-state index contributed by atoms with van der Waals surface area (Å²) in [7, 11) is 0. The van der Waals surface area contributed by atoms with Crippen LogP contribution in [0.2, 0.25) is 0 Å². The molecule has 0 saturated carbocycles. The molecule has 0 aromatic carbocycles. The van der Waals surface area contributed by atoms with Gasteiger partial charge in [-0.15, -0.1) is 0 Å². The van der Waals surface area contributed by atoms with E-state index in [1.165, 1.54) is 13.0 Å². The second kappa shape index (κ2) is 2.90.